The van der Waals surface area contributed by atoms with Crippen LogP contribution in [-0.2, 0) is 14.8 Å². The SMILES string of the molecule is CCC(=O)Nc1ccc(S(=O)(=O)NCCN2CCNCC2)cc1.Cl.Cl. The number of anilines is 1. The lowest BCUT2D eigenvalue weighted by Crippen LogP contribution is -2.46. The molecule has 1 aromatic carbocycles. The van der Waals surface area contributed by atoms with Gasteiger partial charge in [-0.15, -0.1) is 24.8 Å². The van der Waals surface area contributed by atoms with Gasteiger partial charge in [-0.2, -0.15) is 0 Å². The molecule has 1 heterocycles. The first-order valence-corrected chi connectivity index (χ1v) is 9.32. The predicted molar refractivity (Wildman–Crippen MR) is 104 cm³/mol. The highest BCUT2D eigenvalue weighted by Gasteiger charge is 2.15. The van der Waals surface area contributed by atoms with Gasteiger partial charge in [-0.25, -0.2) is 13.1 Å². The predicted octanol–water partition coefficient (Wildman–Crippen LogP) is 1.06. The van der Waals surface area contributed by atoms with Crippen LogP contribution in [0.15, 0.2) is 29.2 Å². The molecular formula is C15H26Cl2N4O3S. The molecule has 1 aromatic rings. The molecule has 1 saturated heterocycles. The van der Waals surface area contributed by atoms with Crippen molar-refractivity contribution < 1.29 is 13.2 Å². The first-order chi connectivity index (χ1) is 11.0. The molecule has 1 amide bonds. The summed E-state index contributed by atoms with van der Waals surface area (Å²) in [5.41, 5.74) is 0.594. The van der Waals surface area contributed by atoms with Crippen molar-refractivity contribution in [2.24, 2.45) is 0 Å². The Hall–Kier alpha value is -0.900. The Morgan fingerprint density at radius 2 is 1.76 bits per heavy atom. The minimum Gasteiger partial charge on any atom is -0.326 e. The molecule has 1 aliphatic heterocycles. The highest BCUT2D eigenvalue weighted by Crippen LogP contribution is 2.14. The van der Waals surface area contributed by atoms with Gasteiger partial charge in [0, 0.05) is 51.4 Å². The van der Waals surface area contributed by atoms with Gasteiger partial charge in [-0.1, -0.05) is 6.92 Å². The molecule has 0 unspecified atom stereocenters. The first kappa shape index (κ1) is 24.1. The molecule has 0 aliphatic carbocycles. The number of nitrogens with zero attached hydrogens (tertiary/aromatic N) is 1. The van der Waals surface area contributed by atoms with Crippen molar-refractivity contribution in [2.75, 3.05) is 44.6 Å². The number of sulfonamides is 1. The Labute approximate surface area is 161 Å². The number of carbonyl (C=O) groups excluding carboxylic acids is 1. The van der Waals surface area contributed by atoms with Gasteiger partial charge in [-0.3, -0.25) is 9.69 Å². The minimum absolute atomic E-state index is 0. The molecule has 1 aliphatic rings. The molecule has 0 bridgehead atoms. The van der Waals surface area contributed by atoms with Gasteiger partial charge in [0.05, 0.1) is 4.90 Å². The van der Waals surface area contributed by atoms with Crippen molar-refractivity contribution >= 4 is 46.4 Å². The Morgan fingerprint density at radius 1 is 1.16 bits per heavy atom. The van der Waals surface area contributed by atoms with Crippen LogP contribution in [0.3, 0.4) is 0 Å². The van der Waals surface area contributed by atoms with E-state index in [2.05, 4.69) is 20.3 Å². The third-order valence-corrected chi connectivity index (χ3v) is 5.18. The zero-order valence-corrected chi connectivity index (χ0v) is 16.6. The van der Waals surface area contributed by atoms with E-state index in [9.17, 15) is 13.2 Å². The summed E-state index contributed by atoms with van der Waals surface area (Å²) >= 11 is 0. The van der Waals surface area contributed by atoms with Crippen molar-refractivity contribution in [3.8, 4) is 0 Å². The second kappa shape index (κ2) is 11.7. The van der Waals surface area contributed by atoms with E-state index >= 15 is 0 Å². The topological polar surface area (TPSA) is 90.5 Å². The average molecular weight is 413 g/mol. The van der Waals surface area contributed by atoms with Gasteiger partial charge < -0.3 is 10.6 Å². The maximum atomic E-state index is 12.2. The van der Waals surface area contributed by atoms with Gasteiger partial charge in [-0.05, 0) is 24.3 Å². The Kier molecular flexibility index (Phi) is 11.2. The quantitative estimate of drug-likeness (QED) is 0.622. The van der Waals surface area contributed by atoms with E-state index in [0.29, 0.717) is 25.2 Å². The van der Waals surface area contributed by atoms with Crippen LogP contribution in [0.25, 0.3) is 0 Å². The van der Waals surface area contributed by atoms with Crippen molar-refractivity contribution in [3.05, 3.63) is 24.3 Å². The molecule has 10 heteroatoms. The van der Waals surface area contributed by atoms with Gasteiger partial charge >= 0.3 is 0 Å². The molecular weight excluding hydrogens is 387 g/mol. The van der Waals surface area contributed by atoms with Gasteiger partial charge in [0.2, 0.25) is 15.9 Å². The van der Waals surface area contributed by atoms with Gasteiger partial charge in [0.25, 0.3) is 0 Å². The van der Waals surface area contributed by atoms with Crippen LogP contribution in [0, 0.1) is 0 Å². The van der Waals surface area contributed by atoms with E-state index in [4.69, 9.17) is 0 Å². The molecule has 2 rings (SSSR count). The summed E-state index contributed by atoms with van der Waals surface area (Å²) in [7, 11) is -3.52. The number of halogens is 2. The lowest BCUT2D eigenvalue weighted by molar-refractivity contribution is -0.115. The molecule has 25 heavy (non-hydrogen) atoms. The van der Waals surface area contributed by atoms with Crippen LogP contribution in [0.5, 0.6) is 0 Å². The van der Waals surface area contributed by atoms with Gasteiger partial charge in [0.15, 0.2) is 0 Å². The van der Waals surface area contributed by atoms with Crippen molar-refractivity contribution in [1.29, 1.82) is 0 Å². The van der Waals surface area contributed by atoms with Crippen molar-refractivity contribution in [1.82, 2.24) is 14.9 Å². The van der Waals surface area contributed by atoms with E-state index in [-0.39, 0.29) is 35.6 Å². The zero-order valence-electron chi connectivity index (χ0n) is 14.2. The molecule has 0 saturated carbocycles. The molecule has 1 fully saturated rings. The lowest BCUT2D eigenvalue weighted by atomic mass is 10.3. The normalized spacial score (nSPS) is 14.9. The second-order valence-electron chi connectivity index (χ2n) is 5.42. The van der Waals surface area contributed by atoms with E-state index in [1.54, 1.807) is 19.1 Å². The number of hydrogen-bond acceptors (Lipinski definition) is 5. The maximum absolute atomic E-state index is 12.2. The smallest absolute Gasteiger partial charge is 0.240 e. The van der Waals surface area contributed by atoms with Crippen LogP contribution in [-0.4, -0.2) is 58.5 Å². The molecule has 0 spiro atoms. The average Bonchev–Trinajstić information content (AvgIpc) is 2.56. The number of hydrogen-bond donors (Lipinski definition) is 3. The summed E-state index contributed by atoms with van der Waals surface area (Å²) in [5.74, 6) is -0.102. The highest BCUT2D eigenvalue weighted by atomic mass is 35.5. The third kappa shape index (κ3) is 7.89. The summed E-state index contributed by atoms with van der Waals surface area (Å²) in [5, 5.41) is 5.95. The third-order valence-electron chi connectivity index (χ3n) is 3.70. The number of carbonyl (C=O) groups is 1. The van der Waals surface area contributed by atoms with Crippen LogP contribution in [0.4, 0.5) is 5.69 Å². The highest BCUT2D eigenvalue weighted by molar-refractivity contribution is 7.89. The number of piperazine rings is 1. The van der Waals surface area contributed by atoms with Crippen molar-refractivity contribution in [3.63, 3.8) is 0 Å². The summed E-state index contributed by atoms with van der Waals surface area (Å²) in [4.78, 5) is 13.7. The summed E-state index contributed by atoms with van der Waals surface area (Å²) < 4.78 is 27.1. The van der Waals surface area contributed by atoms with E-state index < -0.39 is 10.0 Å². The molecule has 144 valence electrons. The monoisotopic (exact) mass is 412 g/mol. The maximum Gasteiger partial charge on any atom is 0.240 e. The molecule has 0 atom stereocenters. The second-order valence-corrected chi connectivity index (χ2v) is 7.18. The molecule has 7 nitrogen and oxygen atoms in total. The van der Waals surface area contributed by atoms with Crippen molar-refractivity contribution in [2.45, 2.75) is 18.2 Å². The van der Waals surface area contributed by atoms with Crippen LogP contribution in [0.2, 0.25) is 0 Å². The molecule has 3 N–H and O–H groups in total. The summed E-state index contributed by atoms with van der Waals surface area (Å²) in [6.45, 7) is 6.61. The van der Waals surface area contributed by atoms with Crippen LogP contribution >= 0.6 is 24.8 Å². The molecule has 0 radical (unpaired) electrons. The summed E-state index contributed by atoms with van der Waals surface area (Å²) in [6.07, 6.45) is 0.383. The minimum atomic E-state index is -3.52. The van der Waals surface area contributed by atoms with E-state index in [1.165, 1.54) is 12.1 Å². The number of benzene rings is 1. The fraction of sp³-hybridized carbons (Fsp3) is 0.533. The van der Waals surface area contributed by atoms with Gasteiger partial charge in [0.1, 0.15) is 0 Å². The van der Waals surface area contributed by atoms with Crippen LogP contribution < -0.4 is 15.4 Å². The zero-order chi connectivity index (χ0) is 16.7. The van der Waals surface area contributed by atoms with Crippen LogP contribution in [0.1, 0.15) is 13.3 Å². The standard InChI is InChI=1S/C15H24N4O3S.2ClH/c1-2-15(20)18-13-3-5-14(6-4-13)23(21,22)17-9-12-19-10-7-16-8-11-19;;/h3-6,16-17H,2,7-12H2,1H3,(H,18,20);2*1H. The number of rotatable bonds is 7. The number of amides is 1. The lowest BCUT2D eigenvalue weighted by Gasteiger charge is -2.27. The first-order valence-electron chi connectivity index (χ1n) is 7.84. The number of nitrogens with one attached hydrogen (secondary N) is 3. The Balaban J connectivity index is 0.00000288. The Morgan fingerprint density at radius 3 is 2.32 bits per heavy atom. The molecule has 0 aromatic heterocycles. The Bertz CT molecular complexity index is 620. The summed E-state index contributed by atoms with van der Waals surface area (Å²) in [6, 6.07) is 6.19. The van der Waals surface area contributed by atoms with E-state index in [0.717, 1.165) is 26.2 Å². The largest absolute Gasteiger partial charge is 0.326 e. The fourth-order valence-corrected chi connectivity index (χ4v) is 3.34. The fourth-order valence-electron chi connectivity index (χ4n) is 2.32. The van der Waals surface area contributed by atoms with E-state index in [1.807, 2.05) is 0 Å².